The van der Waals surface area contributed by atoms with Crippen LogP contribution in [0.25, 0.3) is 0 Å². The third-order valence-electron chi connectivity index (χ3n) is 4.31. The summed E-state index contributed by atoms with van der Waals surface area (Å²) in [5.74, 6) is 0.447. The molecule has 2 rings (SSSR count). The molecule has 21 heavy (non-hydrogen) atoms. The highest BCUT2D eigenvalue weighted by Gasteiger charge is 2.31. The van der Waals surface area contributed by atoms with Crippen molar-refractivity contribution in [2.24, 2.45) is 0 Å². The van der Waals surface area contributed by atoms with Gasteiger partial charge in [0.25, 0.3) is 0 Å². The van der Waals surface area contributed by atoms with Crippen LogP contribution in [0.4, 0.5) is 0 Å². The first-order chi connectivity index (χ1) is 9.88. The minimum atomic E-state index is -2.91. The van der Waals surface area contributed by atoms with Gasteiger partial charge < -0.3 is 10.4 Å². The van der Waals surface area contributed by atoms with Crippen molar-refractivity contribution < 1.29 is 13.5 Å². The van der Waals surface area contributed by atoms with Crippen LogP contribution in [-0.2, 0) is 16.4 Å². The Hall–Kier alpha value is -0.920. The summed E-state index contributed by atoms with van der Waals surface area (Å²) in [5.41, 5.74) is 3.05. The Kier molecular flexibility index (Phi) is 5.06. The van der Waals surface area contributed by atoms with Crippen LogP contribution >= 0.6 is 0 Å². The van der Waals surface area contributed by atoms with Gasteiger partial charge in [-0.05, 0) is 26.7 Å². The minimum absolute atomic E-state index is 0.0396. The van der Waals surface area contributed by atoms with Gasteiger partial charge in [-0.1, -0.05) is 6.92 Å². The second kappa shape index (κ2) is 6.46. The fourth-order valence-electron chi connectivity index (χ4n) is 2.86. The lowest BCUT2D eigenvalue weighted by atomic mass is 10.1. The Morgan fingerprint density at radius 2 is 2.19 bits per heavy atom. The van der Waals surface area contributed by atoms with E-state index in [1.165, 1.54) is 0 Å². The zero-order chi connectivity index (χ0) is 15.6. The zero-order valence-electron chi connectivity index (χ0n) is 13.0. The highest BCUT2D eigenvalue weighted by atomic mass is 32.2. The summed E-state index contributed by atoms with van der Waals surface area (Å²) < 4.78 is 25.1. The third kappa shape index (κ3) is 3.64. The van der Waals surface area contributed by atoms with E-state index in [9.17, 15) is 13.5 Å². The SMILES string of the molecule is CC[C@H](CO)NCc1c(C)nn(C2CCS(=O)(=O)C2)c1C. The van der Waals surface area contributed by atoms with Crippen molar-refractivity contribution >= 4 is 9.84 Å². The summed E-state index contributed by atoms with van der Waals surface area (Å²) in [6.45, 7) is 6.73. The second-order valence-electron chi connectivity index (χ2n) is 5.82. The van der Waals surface area contributed by atoms with Crippen molar-refractivity contribution in [3.05, 3.63) is 17.0 Å². The molecule has 1 aromatic heterocycles. The quantitative estimate of drug-likeness (QED) is 0.808. The van der Waals surface area contributed by atoms with E-state index in [1.807, 2.05) is 25.5 Å². The van der Waals surface area contributed by atoms with Gasteiger partial charge in [-0.2, -0.15) is 5.10 Å². The van der Waals surface area contributed by atoms with Crippen LogP contribution in [0.3, 0.4) is 0 Å². The van der Waals surface area contributed by atoms with Gasteiger partial charge in [-0.25, -0.2) is 8.42 Å². The molecule has 1 fully saturated rings. The van der Waals surface area contributed by atoms with Crippen LogP contribution in [-0.4, -0.2) is 47.5 Å². The van der Waals surface area contributed by atoms with E-state index in [1.54, 1.807) is 0 Å². The van der Waals surface area contributed by atoms with Gasteiger partial charge in [0.1, 0.15) is 0 Å². The van der Waals surface area contributed by atoms with Crippen molar-refractivity contribution in [2.45, 2.75) is 52.2 Å². The topological polar surface area (TPSA) is 84.2 Å². The van der Waals surface area contributed by atoms with Crippen LogP contribution in [0.2, 0.25) is 0 Å². The molecule has 1 aliphatic rings. The maximum Gasteiger partial charge on any atom is 0.152 e. The predicted octanol–water partition coefficient (Wildman–Crippen LogP) is 0.720. The molecule has 0 bridgehead atoms. The van der Waals surface area contributed by atoms with Crippen molar-refractivity contribution in [3.63, 3.8) is 0 Å². The van der Waals surface area contributed by atoms with E-state index in [4.69, 9.17) is 0 Å². The number of aliphatic hydroxyl groups excluding tert-OH is 1. The maximum absolute atomic E-state index is 11.6. The number of nitrogens with one attached hydrogen (secondary N) is 1. The van der Waals surface area contributed by atoms with Gasteiger partial charge in [-0.15, -0.1) is 0 Å². The highest BCUT2D eigenvalue weighted by molar-refractivity contribution is 7.91. The molecule has 6 nitrogen and oxygen atoms in total. The number of aliphatic hydroxyl groups is 1. The molecule has 2 atom stereocenters. The minimum Gasteiger partial charge on any atom is -0.395 e. The van der Waals surface area contributed by atoms with Crippen molar-refractivity contribution in [3.8, 4) is 0 Å². The van der Waals surface area contributed by atoms with Crippen molar-refractivity contribution in [2.75, 3.05) is 18.1 Å². The number of sulfone groups is 1. The zero-order valence-corrected chi connectivity index (χ0v) is 13.8. The average Bonchev–Trinajstić information content (AvgIpc) is 2.92. The monoisotopic (exact) mass is 315 g/mol. The molecule has 2 heterocycles. The molecular formula is C14H25N3O3S. The lowest BCUT2D eigenvalue weighted by Gasteiger charge is -2.15. The number of aryl methyl sites for hydroxylation is 1. The summed E-state index contributed by atoms with van der Waals surface area (Å²) in [6.07, 6.45) is 1.51. The van der Waals surface area contributed by atoms with E-state index in [0.717, 1.165) is 23.4 Å². The summed E-state index contributed by atoms with van der Waals surface area (Å²) in [7, 11) is -2.91. The van der Waals surface area contributed by atoms with Gasteiger partial charge >= 0.3 is 0 Å². The second-order valence-corrected chi connectivity index (χ2v) is 8.05. The van der Waals surface area contributed by atoms with E-state index >= 15 is 0 Å². The highest BCUT2D eigenvalue weighted by Crippen LogP contribution is 2.26. The number of rotatable bonds is 6. The molecule has 0 spiro atoms. The normalized spacial score (nSPS) is 22.6. The summed E-state index contributed by atoms with van der Waals surface area (Å²) in [6, 6.07) is 0.0428. The Morgan fingerprint density at radius 3 is 2.71 bits per heavy atom. The Labute approximate surface area is 126 Å². The molecule has 1 aromatic rings. The lowest BCUT2D eigenvalue weighted by molar-refractivity contribution is 0.238. The summed E-state index contributed by atoms with van der Waals surface area (Å²) in [4.78, 5) is 0. The van der Waals surface area contributed by atoms with Gasteiger partial charge in [0.2, 0.25) is 0 Å². The maximum atomic E-state index is 11.6. The number of aromatic nitrogens is 2. The summed E-state index contributed by atoms with van der Waals surface area (Å²) in [5, 5.41) is 17.1. The smallest absolute Gasteiger partial charge is 0.152 e. The number of hydrogen-bond acceptors (Lipinski definition) is 5. The first-order valence-corrected chi connectivity index (χ1v) is 9.29. The molecule has 0 amide bonds. The number of nitrogens with zero attached hydrogens (tertiary/aromatic N) is 2. The van der Waals surface area contributed by atoms with E-state index in [0.29, 0.717) is 13.0 Å². The first kappa shape index (κ1) is 16.5. The fraction of sp³-hybridized carbons (Fsp3) is 0.786. The Bertz CT molecular complexity index is 591. The molecule has 7 heteroatoms. The Morgan fingerprint density at radius 1 is 1.48 bits per heavy atom. The van der Waals surface area contributed by atoms with Gasteiger partial charge in [0.05, 0.1) is 29.8 Å². The third-order valence-corrected chi connectivity index (χ3v) is 6.06. The molecule has 0 radical (unpaired) electrons. The molecule has 0 saturated carbocycles. The number of hydrogen-bond donors (Lipinski definition) is 2. The van der Waals surface area contributed by atoms with Crippen molar-refractivity contribution in [1.82, 2.24) is 15.1 Å². The fourth-order valence-corrected chi connectivity index (χ4v) is 4.55. The lowest BCUT2D eigenvalue weighted by Crippen LogP contribution is -2.31. The largest absolute Gasteiger partial charge is 0.395 e. The molecule has 1 aliphatic heterocycles. The molecule has 0 aromatic carbocycles. The average molecular weight is 315 g/mol. The van der Waals surface area contributed by atoms with Crippen LogP contribution in [0.5, 0.6) is 0 Å². The first-order valence-electron chi connectivity index (χ1n) is 7.47. The van der Waals surface area contributed by atoms with Gasteiger partial charge in [0.15, 0.2) is 9.84 Å². The predicted molar refractivity (Wildman–Crippen MR) is 82.0 cm³/mol. The standard InChI is InChI=1S/C14H25N3O3S/c1-4-12(8-18)15-7-14-10(2)16-17(11(14)3)13-5-6-21(19,20)9-13/h12-13,15,18H,4-9H2,1-3H3/t12-,13?/m1/s1. The molecular weight excluding hydrogens is 290 g/mol. The van der Waals surface area contributed by atoms with E-state index < -0.39 is 9.84 Å². The van der Waals surface area contributed by atoms with Crippen LogP contribution < -0.4 is 5.32 Å². The summed E-state index contributed by atoms with van der Waals surface area (Å²) >= 11 is 0. The van der Waals surface area contributed by atoms with Crippen LogP contribution in [0.15, 0.2) is 0 Å². The van der Waals surface area contributed by atoms with E-state index in [2.05, 4.69) is 10.4 Å². The molecule has 120 valence electrons. The van der Waals surface area contributed by atoms with Crippen LogP contribution in [0.1, 0.15) is 42.8 Å². The Balaban J connectivity index is 2.14. The van der Waals surface area contributed by atoms with Gasteiger partial charge in [0, 0.05) is 23.8 Å². The molecule has 1 saturated heterocycles. The van der Waals surface area contributed by atoms with Gasteiger partial charge in [-0.3, -0.25) is 4.68 Å². The van der Waals surface area contributed by atoms with Crippen LogP contribution in [0, 0.1) is 13.8 Å². The molecule has 1 unspecified atom stereocenters. The van der Waals surface area contributed by atoms with E-state index in [-0.39, 0.29) is 30.2 Å². The molecule has 0 aliphatic carbocycles. The van der Waals surface area contributed by atoms with Crippen molar-refractivity contribution in [1.29, 1.82) is 0 Å². The molecule has 2 N–H and O–H groups in total.